The van der Waals surface area contributed by atoms with Gasteiger partial charge >= 0.3 is 0 Å². The highest BCUT2D eigenvalue weighted by Crippen LogP contribution is 2.19. The highest BCUT2D eigenvalue weighted by molar-refractivity contribution is 5.94. The van der Waals surface area contributed by atoms with Gasteiger partial charge in [-0.1, -0.05) is 0 Å². The fourth-order valence-corrected chi connectivity index (χ4v) is 2.42. The standard InChI is InChI=1S/C14H20N2O2/c1-15-10-11-6-8-16(9-7-11)14(18)12-2-4-13(17)5-3-12/h2-5,11,15,17H,6-10H2,1H3. The molecule has 0 aromatic heterocycles. The largest absolute Gasteiger partial charge is 0.508 e. The molecule has 1 fully saturated rings. The van der Waals surface area contributed by atoms with E-state index in [1.807, 2.05) is 11.9 Å². The molecule has 2 N–H and O–H groups in total. The highest BCUT2D eigenvalue weighted by atomic mass is 16.3. The van der Waals surface area contributed by atoms with Crippen molar-refractivity contribution in [1.82, 2.24) is 10.2 Å². The van der Waals surface area contributed by atoms with Crippen LogP contribution in [0.3, 0.4) is 0 Å². The Hall–Kier alpha value is -1.55. The van der Waals surface area contributed by atoms with Gasteiger partial charge in [0.15, 0.2) is 0 Å². The number of phenolic OH excluding ortho intramolecular Hbond substituents is 1. The molecule has 4 nitrogen and oxygen atoms in total. The van der Waals surface area contributed by atoms with E-state index in [1.165, 1.54) is 0 Å². The number of hydrogen-bond donors (Lipinski definition) is 2. The average molecular weight is 248 g/mol. The van der Waals surface area contributed by atoms with Crippen LogP contribution in [0.2, 0.25) is 0 Å². The number of likely N-dealkylation sites (tertiary alicyclic amines) is 1. The summed E-state index contributed by atoms with van der Waals surface area (Å²) in [6.07, 6.45) is 2.12. The van der Waals surface area contributed by atoms with Gasteiger partial charge in [-0.2, -0.15) is 0 Å². The van der Waals surface area contributed by atoms with E-state index in [1.54, 1.807) is 24.3 Å². The molecule has 1 aromatic rings. The second-order valence-electron chi connectivity index (χ2n) is 4.84. The Kier molecular flexibility index (Phi) is 4.20. The SMILES string of the molecule is CNCC1CCN(C(=O)c2ccc(O)cc2)CC1. The summed E-state index contributed by atoms with van der Waals surface area (Å²) in [7, 11) is 1.97. The Morgan fingerprint density at radius 1 is 1.33 bits per heavy atom. The molecule has 1 aliphatic rings. The van der Waals surface area contributed by atoms with Gasteiger partial charge in [-0.15, -0.1) is 0 Å². The fraction of sp³-hybridized carbons (Fsp3) is 0.500. The first-order chi connectivity index (χ1) is 8.70. The van der Waals surface area contributed by atoms with Gasteiger partial charge in [0, 0.05) is 18.7 Å². The van der Waals surface area contributed by atoms with Crippen molar-refractivity contribution in [1.29, 1.82) is 0 Å². The van der Waals surface area contributed by atoms with Gasteiger partial charge in [0.2, 0.25) is 0 Å². The van der Waals surface area contributed by atoms with E-state index in [4.69, 9.17) is 0 Å². The number of hydrogen-bond acceptors (Lipinski definition) is 3. The number of carbonyl (C=O) groups is 1. The van der Waals surface area contributed by atoms with E-state index in [-0.39, 0.29) is 11.7 Å². The van der Waals surface area contributed by atoms with Gasteiger partial charge in [-0.25, -0.2) is 0 Å². The van der Waals surface area contributed by atoms with Gasteiger partial charge in [0.05, 0.1) is 0 Å². The summed E-state index contributed by atoms with van der Waals surface area (Å²) in [4.78, 5) is 14.1. The molecule has 1 aromatic carbocycles. The number of amides is 1. The smallest absolute Gasteiger partial charge is 0.253 e. The molecule has 1 heterocycles. The first-order valence-electron chi connectivity index (χ1n) is 6.43. The first-order valence-corrected chi connectivity index (χ1v) is 6.43. The van der Waals surface area contributed by atoms with Gasteiger partial charge in [-0.05, 0) is 56.6 Å². The zero-order valence-corrected chi connectivity index (χ0v) is 10.7. The lowest BCUT2D eigenvalue weighted by Gasteiger charge is -2.32. The van der Waals surface area contributed by atoms with Crippen molar-refractivity contribution in [3.63, 3.8) is 0 Å². The van der Waals surface area contributed by atoms with Crippen molar-refractivity contribution in [3.8, 4) is 5.75 Å². The molecular weight excluding hydrogens is 228 g/mol. The van der Waals surface area contributed by atoms with Gasteiger partial charge < -0.3 is 15.3 Å². The third kappa shape index (κ3) is 3.01. The second kappa shape index (κ2) is 5.87. The van der Waals surface area contributed by atoms with Crippen LogP contribution in [0.5, 0.6) is 5.75 Å². The molecule has 18 heavy (non-hydrogen) atoms. The van der Waals surface area contributed by atoms with Crippen LogP contribution in [-0.2, 0) is 0 Å². The molecule has 0 spiro atoms. The zero-order chi connectivity index (χ0) is 13.0. The molecule has 0 saturated carbocycles. The third-order valence-electron chi connectivity index (χ3n) is 3.51. The van der Waals surface area contributed by atoms with E-state index in [0.717, 1.165) is 32.5 Å². The number of piperidine rings is 1. The zero-order valence-electron chi connectivity index (χ0n) is 10.7. The molecule has 1 saturated heterocycles. The Balaban J connectivity index is 1.93. The predicted molar refractivity (Wildman–Crippen MR) is 70.7 cm³/mol. The molecule has 2 rings (SSSR count). The quantitative estimate of drug-likeness (QED) is 0.851. The van der Waals surface area contributed by atoms with Crippen LogP contribution < -0.4 is 5.32 Å². The van der Waals surface area contributed by atoms with Crippen LogP contribution >= 0.6 is 0 Å². The number of nitrogens with one attached hydrogen (secondary N) is 1. The lowest BCUT2D eigenvalue weighted by atomic mass is 9.96. The summed E-state index contributed by atoms with van der Waals surface area (Å²) in [6, 6.07) is 6.47. The minimum absolute atomic E-state index is 0.0675. The molecular formula is C14H20N2O2. The molecule has 98 valence electrons. The number of rotatable bonds is 3. The summed E-state index contributed by atoms with van der Waals surface area (Å²) in [5.74, 6) is 0.941. The summed E-state index contributed by atoms with van der Waals surface area (Å²) >= 11 is 0. The van der Waals surface area contributed by atoms with Crippen molar-refractivity contribution in [2.24, 2.45) is 5.92 Å². The van der Waals surface area contributed by atoms with Crippen LogP contribution in [0.25, 0.3) is 0 Å². The fourth-order valence-electron chi connectivity index (χ4n) is 2.42. The Morgan fingerprint density at radius 3 is 2.50 bits per heavy atom. The van der Waals surface area contributed by atoms with Crippen LogP contribution in [0, 0.1) is 5.92 Å². The number of carbonyl (C=O) groups excluding carboxylic acids is 1. The van der Waals surface area contributed by atoms with Gasteiger partial charge in [0.25, 0.3) is 5.91 Å². The van der Waals surface area contributed by atoms with E-state index in [2.05, 4.69) is 5.32 Å². The minimum Gasteiger partial charge on any atom is -0.508 e. The second-order valence-corrected chi connectivity index (χ2v) is 4.84. The normalized spacial score (nSPS) is 16.8. The maximum atomic E-state index is 12.2. The maximum absolute atomic E-state index is 12.2. The summed E-state index contributed by atoms with van der Waals surface area (Å²) in [6.45, 7) is 2.68. The summed E-state index contributed by atoms with van der Waals surface area (Å²) in [5.41, 5.74) is 0.653. The van der Waals surface area contributed by atoms with Gasteiger partial charge in [-0.3, -0.25) is 4.79 Å². The monoisotopic (exact) mass is 248 g/mol. The molecule has 0 bridgehead atoms. The predicted octanol–water partition coefficient (Wildman–Crippen LogP) is 1.46. The number of benzene rings is 1. The topological polar surface area (TPSA) is 52.6 Å². The molecule has 1 amide bonds. The molecule has 0 aliphatic carbocycles. The lowest BCUT2D eigenvalue weighted by molar-refractivity contribution is 0.0691. The van der Waals surface area contributed by atoms with Crippen molar-refractivity contribution in [2.45, 2.75) is 12.8 Å². The Labute approximate surface area is 108 Å². The van der Waals surface area contributed by atoms with E-state index in [0.29, 0.717) is 11.5 Å². The summed E-state index contributed by atoms with van der Waals surface area (Å²) < 4.78 is 0. The lowest BCUT2D eigenvalue weighted by Crippen LogP contribution is -2.40. The van der Waals surface area contributed by atoms with Crippen molar-refractivity contribution >= 4 is 5.91 Å². The molecule has 4 heteroatoms. The van der Waals surface area contributed by atoms with Crippen LogP contribution in [0.1, 0.15) is 23.2 Å². The van der Waals surface area contributed by atoms with Crippen molar-refractivity contribution in [2.75, 3.05) is 26.7 Å². The molecule has 0 atom stereocenters. The van der Waals surface area contributed by atoms with E-state index in [9.17, 15) is 9.90 Å². The van der Waals surface area contributed by atoms with Crippen LogP contribution in [-0.4, -0.2) is 42.6 Å². The van der Waals surface area contributed by atoms with E-state index < -0.39 is 0 Å². The Bertz CT molecular complexity index is 395. The number of phenols is 1. The van der Waals surface area contributed by atoms with Crippen molar-refractivity contribution < 1.29 is 9.90 Å². The minimum atomic E-state index is 0.0675. The maximum Gasteiger partial charge on any atom is 0.253 e. The van der Waals surface area contributed by atoms with Gasteiger partial charge in [0.1, 0.15) is 5.75 Å². The summed E-state index contributed by atoms with van der Waals surface area (Å²) in [5, 5.41) is 12.4. The third-order valence-corrected chi connectivity index (χ3v) is 3.51. The first kappa shape index (κ1) is 12.9. The van der Waals surface area contributed by atoms with Crippen LogP contribution in [0.15, 0.2) is 24.3 Å². The molecule has 1 aliphatic heterocycles. The average Bonchev–Trinajstić information content (AvgIpc) is 2.40. The van der Waals surface area contributed by atoms with E-state index >= 15 is 0 Å². The van der Waals surface area contributed by atoms with Crippen molar-refractivity contribution in [3.05, 3.63) is 29.8 Å². The number of nitrogens with zero attached hydrogens (tertiary/aromatic N) is 1. The number of aromatic hydroxyl groups is 1. The van der Waals surface area contributed by atoms with Crippen LogP contribution in [0.4, 0.5) is 0 Å². The highest BCUT2D eigenvalue weighted by Gasteiger charge is 2.22. The Morgan fingerprint density at radius 2 is 1.94 bits per heavy atom. The molecule has 0 unspecified atom stereocenters. The molecule has 0 radical (unpaired) electrons.